The van der Waals surface area contributed by atoms with Crippen LogP contribution in [0.4, 0.5) is 8.78 Å². The predicted molar refractivity (Wildman–Crippen MR) is 79.9 cm³/mol. The van der Waals surface area contributed by atoms with Crippen LogP contribution in [0, 0.1) is 11.6 Å². The summed E-state index contributed by atoms with van der Waals surface area (Å²) in [6.07, 6.45) is 0. The maximum atomic E-state index is 13.2. The van der Waals surface area contributed by atoms with Gasteiger partial charge in [-0.1, -0.05) is 13.0 Å². The molecule has 0 spiro atoms. The van der Waals surface area contributed by atoms with Crippen LogP contribution in [0.1, 0.15) is 38.4 Å². The number of amides is 2. The Kier molecular flexibility index (Phi) is 4.87. The van der Waals surface area contributed by atoms with Crippen LogP contribution in [0.5, 0.6) is 0 Å². The van der Waals surface area contributed by atoms with Crippen molar-refractivity contribution >= 4 is 23.2 Å². The number of benzene rings is 1. The van der Waals surface area contributed by atoms with E-state index in [1.165, 1.54) is 17.5 Å². The molecule has 1 aromatic heterocycles. The van der Waals surface area contributed by atoms with Gasteiger partial charge in [-0.05, 0) is 29.7 Å². The number of thiophene rings is 1. The van der Waals surface area contributed by atoms with E-state index in [9.17, 15) is 18.4 Å². The first-order chi connectivity index (χ1) is 10.4. The normalized spacial score (nSPS) is 12.0. The van der Waals surface area contributed by atoms with Crippen molar-refractivity contribution in [1.29, 1.82) is 0 Å². The molecule has 0 saturated carbocycles. The van der Waals surface area contributed by atoms with Gasteiger partial charge in [0.1, 0.15) is 0 Å². The molecule has 0 bridgehead atoms. The minimum atomic E-state index is -0.917. The van der Waals surface area contributed by atoms with E-state index in [-0.39, 0.29) is 23.9 Å². The summed E-state index contributed by atoms with van der Waals surface area (Å²) >= 11 is 1.12. The highest BCUT2D eigenvalue weighted by atomic mass is 32.1. The smallest absolute Gasteiger partial charge is 0.261 e. The molecular formula is C15H14F2N2O2S. The molecule has 22 heavy (non-hydrogen) atoms. The van der Waals surface area contributed by atoms with Crippen LogP contribution in [-0.4, -0.2) is 18.4 Å². The first-order valence-corrected chi connectivity index (χ1v) is 7.38. The molecule has 0 aliphatic carbocycles. The largest absolute Gasteiger partial charge is 0.366 e. The molecule has 0 radical (unpaired) electrons. The summed E-state index contributed by atoms with van der Waals surface area (Å²) in [7, 11) is 0. The molecule has 116 valence electrons. The third-order valence-corrected chi connectivity index (χ3v) is 4.12. The highest BCUT2D eigenvalue weighted by Crippen LogP contribution is 2.18. The van der Waals surface area contributed by atoms with E-state index < -0.39 is 17.5 Å². The van der Waals surface area contributed by atoms with Crippen molar-refractivity contribution in [3.8, 4) is 0 Å². The summed E-state index contributed by atoms with van der Waals surface area (Å²) in [6, 6.07) is 5.07. The third-order valence-electron chi connectivity index (χ3n) is 3.19. The van der Waals surface area contributed by atoms with Crippen LogP contribution >= 0.6 is 11.3 Å². The monoisotopic (exact) mass is 324 g/mol. The first-order valence-electron chi connectivity index (χ1n) is 6.50. The molecule has 0 aliphatic rings. The average Bonchev–Trinajstić information content (AvgIpc) is 2.97. The summed E-state index contributed by atoms with van der Waals surface area (Å²) in [6.45, 7) is 2.05. The second kappa shape index (κ2) is 6.65. The van der Waals surface area contributed by atoms with Gasteiger partial charge in [0.15, 0.2) is 11.6 Å². The fourth-order valence-corrected chi connectivity index (χ4v) is 2.67. The van der Waals surface area contributed by atoms with E-state index in [2.05, 4.69) is 5.32 Å². The minimum Gasteiger partial charge on any atom is -0.366 e. The first kappa shape index (κ1) is 16.1. The number of hydrogen-bond acceptors (Lipinski definition) is 3. The van der Waals surface area contributed by atoms with Crippen molar-refractivity contribution in [2.24, 2.45) is 5.73 Å². The van der Waals surface area contributed by atoms with E-state index >= 15 is 0 Å². The lowest BCUT2D eigenvalue weighted by Crippen LogP contribution is -2.27. The number of carbonyl (C=O) groups is 2. The summed E-state index contributed by atoms with van der Waals surface area (Å²) in [4.78, 5) is 23.3. The van der Waals surface area contributed by atoms with Gasteiger partial charge >= 0.3 is 0 Å². The Hall–Kier alpha value is -2.28. The lowest BCUT2D eigenvalue weighted by molar-refractivity contribution is 0.0955. The lowest BCUT2D eigenvalue weighted by atomic mass is 10.0. The van der Waals surface area contributed by atoms with Crippen LogP contribution < -0.4 is 11.1 Å². The van der Waals surface area contributed by atoms with Crippen molar-refractivity contribution in [2.75, 3.05) is 6.54 Å². The van der Waals surface area contributed by atoms with Gasteiger partial charge < -0.3 is 11.1 Å². The van der Waals surface area contributed by atoms with Crippen molar-refractivity contribution in [2.45, 2.75) is 12.8 Å². The van der Waals surface area contributed by atoms with Crippen LogP contribution in [0.2, 0.25) is 0 Å². The topological polar surface area (TPSA) is 72.2 Å². The van der Waals surface area contributed by atoms with Crippen molar-refractivity contribution in [1.82, 2.24) is 5.32 Å². The molecule has 0 unspecified atom stereocenters. The van der Waals surface area contributed by atoms with Gasteiger partial charge in [-0.2, -0.15) is 0 Å². The van der Waals surface area contributed by atoms with Crippen LogP contribution in [0.3, 0.4) is 0 Å². The zero-order chi connectivity index (χ0) is 16.3. The number of nitrogens with two attached hydrogens (primary N) is 1. The summed E-state index contributed by atoms with van der Waals surface area (Å²) in [5, 5.41) is 4.20. The van der Waals surface area contributed by atoms with Gasteiger partial charge in [0.05, 0.1) is 10.4 Å². The maximum absolute atomic E-state index is 13.2. The molecule has 2 amide bonds. The van der Waals surface area contributed by atoms with Gasteiger partial charge in [0, 0.05) is 11.9 Å². The SMILES string of the molecule is C[C@H](CNC(=O)c1cc(C(N)=O)cs1)c1ccc(F)c(F)c1. The van der Waals surface area contributed by atoms with Gasteiger partial charge in [-0.3, -0.25) is 9.59 Å². The molecule has 1 aromatic carbocycles. The zero-order valence-electron chi connectivity index (χ0n) is 11.7. The van der Waals surface area contributed by atoms with E-state index in [1.54, 1.807) is 6.92 Å². The Balaban J connectivity index is 1.97. The van der Waals surface area contributed by atoms with Crippen LogP contribution in [0.15, 0.2) is 29.6 Å². The van der Waals surface area contributed by atoms with E-state index in [0.29, 0.717) is 10.4 Å². The predicted octanol–water partition coefficient (Wildman–Crippen LogP) is 2.66. The molecule has 0 aliphatic heterocycles. The Labute approximate surface area is 129 Å². The molecule has 2 aromatic rings. The Morgan fingerprint density at radius 2 is 2.00 bits per heavy atom. The highest BCUT2D eigenvalue weighted by molar-refractivity contribution is 7.12. The van der Waals surface area contributed by atoms with E-state index in [4.69, 9.17) is 5.73 Å². The second-order valence-corrected chi connectivity index (χ2v) is 5.76. The summed E-state index contributed by atoms with van der Waals surface area (Å²) < 4.78 is 26.1. The molecule has 3 N–H and O–H groups in total. The quantitative estimate of drug-likeness (QED) is 0.887. The van der Waals surface area contributed by atoms with Crippen LogP contribution in [0.25, 0.3) is 0 Å². The fourth-order valence-electron chi connectivity index (χ4n) is 1.85. The zero-order valence-corrected chi connectivity index (χ0v) is 12.5. The highest BCUT2D eigenvalue weighted by Gasteiger charge is 2.14. The maximum Gasteiger partial charge on any atom is 0.261 e. The molecular weight excluding hydrogens is 310 g/mol. The molecule has 4 nitrogen and oxygen atoms in total. The third kappa shape index (κ3) is 3.67. The Bertz CT molecular complexity index is 715. The standard InChI is InChI=1S/C15H14F2N2O2S/c1-8(9-2-3-11(16)12(17)4-9)6-19-15(21)13-5-10(7-22-13)14(18)20/h2-5,7-8H,6H2,1H3,(H2,18,20)(H,19,21)/t8-/m1/s1. The number of rotatable bonds is 5. The van der Waals surface area contributed by atoms with E-state index in [0.717, 1.165) is 23.5 Å². The number of nitrogens with one attached hydrogen (secondary N) is 1. The fraction of sp³-hybridized carbons (Fsp3) is 0.200. The van der Waals surface area contributed by atoms with Gasteiger partial charge in [0.2, 0.25) is 5.91 Å². The minimum absolute atomic E-state index is 0.186. The lowest BCUT2D eigenvalue weighted by Gasteiger charge is -2.13. The van der Waals surface area contributed by atoms with Gasteiger partial charge in [-0.15, -0.1) is 11.3 Å². The number of hydrogen-bond donors (Lipinski definition) is 2. The van der Waals surface area contributed by atoms with Crippen molar-refractivity contribution in [3.05, 3.63) is 57.3 Å². The Morgan fingerprint density at radius 1 is 1.27 bits per heavy atom. The van der Waals surface area contributed by atoms with Crippen molar-refractivity contribution < 1.29 is 18.4 Å². The molecule has 7 heteroatoms. The number of primary amides is 1. The molecule has 0 saturated heterocycles. The van der Waals surface area contributed by atoms with E-state index in [1.807, 2.05) is 0 Å². The molecule has 1 atom stereocenters. The summed E-state index contributed by atoms with van der Waals surface area (Å²) in [5.74, 6) is -2.94. The Morgan fingerprint density at radius 3 is 2.59 bits per heavy atom. The number of carbonyl (C=O) groups excluding carboxylic acids is 2. The number of halogens is 2. The second-order valence-electron chi connectivity index (χ2n) is 4.85. The van der Waals surface area contributed by atoms with Gasteiger partial charge in [-0.25, -0.2) is 8.78 Å². The molecule has 1 heterocycles. The van der Waals surface area contributed by atoms with Gasteiger partial charge in [0.25, 0.3) is 5.91 Å². The van der Waals surface area contributed by atoms with Crippen LogP contribution in [-0.2, 0) is 0 Å². The average molecular weight is 324 g/mol. The molecule has 0 fully saturated rings. The summed E-state index contributed by atoms with van der Waals surface area (Å²) in [5.41, 5.74) is 5.99. The molecule has 2 rings (SSSR count). The van der Waals surface area contributed by atoms with Crippen molar-refractivity contribution in [3.63, 3.8) is 0 Å².